The van der Waals surface area contributed by atoms with Gasteiger partial charge in [0, 0.05) is 5.92 Å². The lowest BCUT2D eigenvalue weighted by Crippen LogP contribution is -2.33. The highest BCUT2D eigenvalue weighted by atomic mass is 35.5. The minimum absolute atomic E-state index is 0.00855. The molecule has 0 saturated carbocycles. The van der Waals surface area contributed by atoms with E-state index in [-0.39, 0.29) is 11.8 Å². The number of amides is 1. The molecular formula is C17H17ClN2O2S. The molecule has 23 heavy (non-hydrogen) atoms. The van der Waals surface area contributed by atoms with E-state index in [4.69, 9.17) is 16.0 Å². The summed E-state index contributed by atoms with van der Waals surface area (Å²) in [6, 6.07) is 7.47. The molecule has 3 aromatic rings. The van der Waals surface area contributed by atoms with Crippen molar-refractivity contribution in [2.75, 3.05) is 4.90 Å². The van der Waals surface area contributed by atoms with Gasteiger partial charge in [-0.2, -0.15) is 0 Å². The van der Waals surface area contributed by atoms with Crippen LogP contribution in [-0.2, 0) is 11.3 Å². The smallest absolute Gasteiger partial charge is 0.231 e. The first kappa shape index (κ1) is 16.0. The van der Waals surface area contributed by atoms with Gasteiger partial charge in [0.2, 0.25) is 5.91 Å². The van der Waals surface area contributed by atoms with Gasteiger partial charge < -0.3 is 4.42 Å². The summed E-state index contributed by atoms with van der Waals surface area (Å²) >= 11 is 7.71. The van der Waals surface area contributed by atoms with E-state index in [1.807, 2.05) is 45.0 Å². The lowest BCUT2D eigenvalue weighted by atomic mass is 10.2. The minimum atomic E-state index is -0.131. The number of aromatic nitrogens is 1. The molecule has 0 aliphatic carbocycles. The van der Waals surface area contributed by atoms with Crippen LogP contribution in [0.25, 0.3) is 10.2 Å². The molecule has 0 saturated heterocycles. The molecule has 0 spiro atoms. The summed E-state index contributed by atoms with van der Waals surface area (Å²) in [7, 11) is 0. The Hall–Kier alpha value is -1.85. The molecule has 2 heterocycles. The zero-order valence-electron chi connectivity index (χ0n) is 13.2. The third kappa shape index (κ3) is 3.12. The molecule has 0 unspecified atom stereocenters. The molecule has 0 radical (unpaired) electrons. The van der Waals surface area contributed by atoms with Gasteiger partial charge >= 0.3 is 0 Å². The number of carbonyl (C=O) groups is 1. The first-order chi connectivity index (χ1) is 11.0. The van der Waals surface area contributed by atoms with E-state index in [1.165, 1.54) is 11.3 Å². The third-order valence-corrected chi connectivity index (χ3v) is 5.11. The second-order valence-electron chi connectivity index (χ2n) is 5.70. The highest BCUT2D eigenvalue weighted by Gasteiger charge is 2.24. The summed E-state index contributed by atoms with van der Waals surface area (Å²) < 4.78 is 6.30. The summed E-state index contributed by atoms with van der Waals surface area (Å²) in [4.78, 5) is 19.0. The molecule has 0 aliphatic heterocycles. The van der Waals surface area contributed by atoms with Crippen molar-refractivity contribution in [2.24, 2.45) is 5.92 Å². The standard InChI is InChI=1S/C17H17ClN2O2S/c1-10(2)16(21)20(9-12-5-4-8-22-12)17-19-14-11(3)6-7-13(18)15(14)23-17/h4-8,10H,9H2,1-3H3. The van der Waals surface area contributed by atoms with E-state index in [0.29, 0.717) is 16.7 Å². The number of anilines is 1. The van der Waals surface area contributed by atoms with Crippen molar-refractivity contribution < 1.29 is 9.21 Å². The molecule has 4 nitrogen and oxygen atoms in total. The predicted octanol–water partition coefficient (Wildman–Crippen LogP) is 5.04. The Morgan fingerprint density at radius 3 is 2.78 bits per heavy atom. The Balaban J connectivity index is 2.07. The fourth-order valence-electron chi connectivity index (χ4n) is 2.32. The average molecular weight is 349 g/mol. The fourth-order valence-corrected chi connectivity index (χ4v) is 3.64. The number of nitrogens with zero attached hydrogens (tertiary/aromatic N) is 2. The quantitative estimate of drug-likeness (QED) is 0.663. The highest BCUT2D eigenvalue weighted by molar-refractivity contribution is 7.23. The molecule has 3 rings (SSSR count). The van der Waals surface area contributed by atoms with Crippen LogP contribution < -0.4 is 4.90 Å². The van der Waals surface area contributed by atoms with Gasteiger partial charge in [-0.05, 0) is 30.7 Å². The van der Waals surface area contributed by atoms with Crippen molar-refractivity contribution in [3.05, 3.63) is 46.9 Å². The summed E-state index contributed by atoms with van der Waals surface area (Å²) in [5.74, 6) is 0.601. The van der Waals surface area contributed by atoms with Crippen LogP contribution in [0.4, 0.5) is 5.13 Å². The number of furan rings is 1. The number of thiazole rings is 1. The van der Waals surface area contributed by atoms with E-state index in [9.17, 15) is 4.79 Å². The van der Waals surface area contributed by atoms with Crippen LogP contribution in [0.3, 0.4) is 0 Å². The van der Waals surface area contributed by atoms with E-state index in [0.717, 1.165) is 21.5 Å². The van der Waals surface area contributed by atoms with Crippen LogP contribution in [0.1, 0.15) is 25.2 Å². The zero-order valence-corrected chi connectivity index (χ0v) is 14.7. The average Bonchev–Trinajstić information content (AvgIpc) is 3.17. The van der Waals surface area contributed by atoms with Gasteiger partial charge in [0.05, 0.1) is 28.0 Å². The summed E-state index contributed by atoms with van der Waals surface area (Å²) in [5, 5.41) is 1.30. The van der Waals surface area contributed by atoms with Crippen LogP contribution in [0.5, 0.6) is 0 Å². The Labute approximate surface area is 143 Å². The van der Waals surface area contributed by atoms with Gasteiger partial charge in [0.25, 0.3) is 0 Å². The highest BCUT2D eigenvalue weighted by Crippen LogP contribution is 2.36. The molecule has 2 aromatic heterocycles. The number of fused-ring (bicyclic) bond motifs is 1. The van der Waals surface area contributed by atoms with Crippen molar-refractivity contribution >= 4 is 44.2 Å². The summed E-state index contributed by atoms with van der Waals surface area (Å²) in [6.07, 6.45) is 1.60. The Morgan fingerprint density at radius 2 is 2.17 bits per heavy atom. The second-order valence-corrected chi connectivity index (χ2v) is 7.08. The minimum Gasteiger partial charge on any atom is -0.467 e. The van der Waals surface area contributed by atoms with Crippen molar-refractivity contribution in [3.63, 3.8) is 0 Å². The lowest BCUT2D eigenvalue weighted by Gasteiger charge is -2.20. The molecule has 0 N–H and O–H groups in total. The molecule has 0 bridgehead atoms. The predicted molar refractivity (Wildman–Crippen MR) is 94.1 cm³/mol. The van der Waals surface area contributed by atoms with E-state index in [1.54, 1.807) is 11.2 Å². The topological polar surface area (TPSA) is 46.3 Å². The molecule has 0 atom stereocenters. The van der Waals surface area contributed by atoms with Gasteiger partial charge in [0.15, 0.2) is 5.13 Å². The van der Waals surface area contributed by atoms with Crippen molar-refractivity contribution in [1.29, 1.82) is 0 Å². The van der Waals surface area contributed by atoms with Crippen molar-refractivity contribution in [3.8, 4) is 0 Å². The molecule has 0 aliphatic rings. The van der Waals surface area contributed by atoms with Crippen LogP contribution in [0, 0.1) is 12.8 Å². The van der Waals surface area contributed by atoms with Gasteiger partial charge in [-0.15, -0.1) is 0 Å². The number of hydrogen-bond donors (Lipinski definition) is 0. The van der Waals surface area contributed by atoms with Crippen LogP contribution in [0.15, 0.2) is 34.9 Å². The maximum Gasteiger partial charge on any atom is 0.231 e. The maximum absolute atomic E-state index is 12.6. The molecular weight excluding hydrogens is 332 g/mol. The number of rotatable bonds is 4. The van der Waals surface area contributed by atoms with Gasteiger partial charge in [-0.3, -0.25) is 9.69 Å². The number of aryl methyl sites for hydroxylation is 1. The summed E-state index contributed by atoms with van der Waals surface area (Å²) in [5.41, 5.74) is 1.89. The maximum atomic E-state index is 12.6. The second kappa shape index (κ2) is 6.34. The molecule has 1 aromatic carbocycles. The van der Waals surface area contributed by atoms with E-state index < -0.39 is 0 Å². The van der Waals surface area contributed by atoms with Gasteiger partial charge in [0.1, 0.15) is 5.76 Å². The Bertz CT molecular complexity index is 801. The third-order valence-electron chi connectivity index (χ3n) is 3.57. The SMILES string of the molecule is Cc1ccc(Cl)c2sc(N(Cc3ccco3)C(=O)C(C)C)nc12. The fraction of sp³-hybridized carbons (Fsp3) is 0.294. The number of halogens is 1. The van der Waals surface area contributed by atoms with Crippen LogP contribution in [0.2, 0.25) is 5.02 Å². The van der Waals surface area contributed by atoms with E-state index >= 15 is 0 Å². The molecule has 0 fully saturated rings. The molecule has 6 heteroatoms. The summed E-state index contributed by atoms with van der Waals surface area (Å²) in [6.45, 7) is 6.11. The lowest BCUT2D eigenvalue weighted by molar-refractivity contribution is -0.121. The molecule has 120 valence electrons. The monoisotopic (exact) mass is 348 g/mol. The number of carbonyl (C=O) groups excluding carboxylic acids is 1. The van der Waals surface area contributed by atoms with Crippen molar-refractivity contribution in [2.45, 2.75) is 27.3 Å². The van der Waals surface area contributed by atoms with Crippen LogP contribution in [-0.4, -0.2) is 10.9 Å². The van der Waals surface area contributed by atoms with Crippen molar-refractivity contribution in [1.82, 2.24) is 4.98 Å². The first-order valence-electron chi connectivity index (χ1n) is 7.36. The number of hydrogen-bond acceptors (Lipinski definition) is 4. The van der Waals surface area contributed by atoms with Gasteiger partial charge in [-0.25, -0.2) is 4.98 Å². The number of benzene rings is 1. The Kier molecular flexibility index (Phi) is 4.41. The normalized spacial score (nSPS) is 11.3. The first-order valence-corrected chi connectivity index (χ1v) is 8.56. The largest absolute Gasteiger partial charge is 0.467 e. The molecule has 1 amide bonds. The van der Waals surface area contributed by atoms with E-state index in [2.05, 4.69) is 4.98 Å². The zero-order chi connectivity index (χ0) is 16.6. The van der Waals surface area contributed by atoms with Crippen LogP contribution >= 0.6 is 22.9 Å². The van der Waals surface area contributed by atoms with Gasteiger partial charge in [-0.1, -0.05) is 42.9 Å². The Morgan fingerprint density at radius 1 is 1.39 bits per heavy atom.